The first-order chi connectivity index (χ1) is 13.2. The monoisotopic (exact) mass is 361 g/mol. The Balaban J connectivity index is 1.67. The van der Waals surface area contributed by atoms with Gasteiger partial charge < -0.3 is 4.90 Å². The molecule has 1 amide bonds. The first-order valence-corrected chi connectivity index (χ1v) is 9.99. The van der Waals surface area contributed by atoms with Gasteiger partial charge in [0.2, 0.25) is 5.91 Å². The molecule has 4 rings (SSSR count). The molecule has 27 heavy (non-hydrogen) atoms. The minimum Gasteiger partial charge on any atom is -0.342 e. The van der Waals surface area contributed by atoms with Gasteiger partial charge in [-0.1, -0.05) is 56.3 Å². The van der Waals surface area contributed by atoms with Gasteiger partial charge in [-0.3, -0.25) is 9.89 Å². The number of H-pyrrole nitrogens is 1. The van der Waals surface area contributed by atoms with E-state index < -0.39 is 0 Å². The van der Waals surface area contributed by atoms with Crippen molar-refractivity contribution in [3.05, 3.63) is 54.4 Å². The predicted molar refractivity (Wildman–Crippen MR) is 110 cm³/mol. The van der Waals surface area contributed by atoms with Gasteiger partial charge in [-0.2, -0.15) is 5.10 Å². The molecule has 0 aliphatic carbocycles. The van der Waals surface area contributed by atoms with E-state index in [0.29, 0.717) is 5.92 Å². The largest absolute Gasteiger partial charge is 0.342 e. The number of nitrogens with one attached hydrogen (secondary N) is 1. The van der Waals surface area contributed by atoms with E-state index in [2.05, 4.69) is 64.5 Å². The molecule has 3 aromatic rings. The topological polar surface area (TPSA) is 49.0 Å². The van der Waals surface area contributed by atoms with Gasteiger partial charge in [-0.25, -0.2) is 0 Å². The average Bonchev–Trinajstić information content (AvgIpc) is 3.22. The SMILES string of the molecule is CCC(C)C(=O)N1CCCC(c2[nH]ncc2-c2cccc3ccccc23)C1. The Morgan fingerprint density at radius 3 is 2.89 bits per heavy atom. The molecule has 1 aliphatic heterocycles. The highest BCUT2D eigenvalue weighted by atomic mass is 16.2. The van der Waals surface area contributed by atoms with Crippen molar-refractivity contribution >= 4 is 16.7 Å². The van der Waals surface area contributed by atoms with Crippen LogP contribution in [0.25, 0.3) is 21.9 Å². The molecule has 4 heteroatoms. The van der Waals surface area contributed by atoms with Gasteiger partial charge in [-0.15, -0.1) is 0 Å². The van der Waals surface area contributed by atoms with Crippen LogP contribution in [0, 0.1) is 5.92 Å². The Labute approximate surface area is 160 Å². The zero-order valence-electron chi connectivity index (χ0n) is 16.1. The van der Waals surface area contributed by atoms with Crippen molar-refractivity contribution in [1.82, 2.24) is 15.1 Å². The lowest BCUT2D eigenvalue weighted by Gasteiger charge is -2.34. The number of carbonyl (C=O) groups excluding carboxylic acids is 1. The highest BCUT2D eigenvalue weighted by Gasteiger charge is 2.29. The van der Waals surface area contributed by atoms with Crippen LogP contribution in [-0.2, 0) is 4.79 Å². The molecule has 0 radical (unpaired) electrons. The molecular weight excluding hydrogens is 334 g/mol. The van der Waals surface area contributed by atoms with Gasteiger partial charge in [0.15, 0.2) is 0 Å². The van der Waals surface area contributed by atoms with Crippen LogP contribution in [0.4, 0.5) is 0 Å². The van der Waals surface area contributed by atoms with Crippen molar-refractivity contribution < 1.29 is 4.79 Å². The zero-order chi connectivity index (χ0) is 18.8. The minimum atomic E-state index is 0.100. The third-order valence-corrected chi connectivity index (χ3v) is 5.92. The van der Waals surface area contributed by atoms with Gasteiger partial charge in [0, 0.05) is 36.2 Å². The Morgan fingerprint density at radius 1 is 1.22 bits per heavy atom. The molecule has 2 atom stereocenters. The maximum absolute atomic E-state index is 12.7. The van der Waals surface area contributed by atoms with E-state index in [9.17, 15) is 4.79 Å². The third kappa shape index (κ3) is 3.36. The van der Waals surface area contributed by atoms with Gasteiger partial charge >= 0.3 is 0 Å². The van der Waals surface area contributed by atoms with E-state index in [1.165, 1.54) is 16.3 Å². The Bertz CT molecular complexity index is 940. The number of hydrogen-bond acceptors (Lipinski definition) is 2. The van der Waals surface area contributed by atoms with Crippen LogP contribution < -0.4 is 0 Å². The summed E-state index contributed by atoms with van der Waals surface area (Å²) < 4.78 is 0. The lowest BCUT2D eigenvalue weighted by atomic mass is 9.88. The van der Waals surface area contributed by atoms with E-state index in [4.69, 9.17) is 0 Å². The van der Waals surface area contributed by atoms with E-state index in [-0.39, 0.29) is 11.8 Å². The second-order valence-corrected chi connectivity index (χ2v) is 7.66. The van der Waals surface area contributed by atoms with Crippen molar-refractivity contribution in [3.63, 3.8) is 0 Å². The molecule has 1 aromatic heterocycles. The second-order valence-electron chi connectivity index (χ2n) is 7.66. The highest BCUT2D eigenvalue weighted by molar-refractivity contribution is 5.97. The fraction of sp³-hybridized carbons (Fsp3) is 0.391. The number of fused-ring (bicyclic) bond motifs is 1. The molecule has 4 nitrogen and oxygen atoms in total. The van der Waals surface area contributed by atoms with Gasteiger partial charge in [0.25, 0.3) is 0 Å². The molecule has 2 heterocycles. The fourth-order valence-electron chi connectivity index (χ4n) is 4.18. The number of nitrogens with zero attached hydrogens (tertiary/aromatic N) is 2. The summed E-state index contributed by atoms with van der Waals surface area (Å²) in [6.07, 6.45) is 4.96. The molecule has 140 valence electrons. The molecule has 1 N–H and O–H groups in total. The van der Waals surface area contributed by atoms with Gasteiger partial charge in [0.1, 0.15) is 0 Å². The molecule has 2 unspecified atom stereocenters. The van der Waals surface area contributed by atoms with Crippen LogP contribution in [0.2, 0.25) is 0 Å². The van der Waals surface area contributed by atoms with E-state index in [1.807, 2.05) is 13.1 Å². The van der Waals surface area contributed by atoms with E-state index >= 15 is 0 Å². The lowest BCUT2D eigenvalue weighted by Crippen LogP contribution is -2.41. The number of likely N-dealkylation sites (tertiary alicyclic amines) is 1. The summed E-state index contributed by atoms with van der Waals surface area (Å²) in [6, 6.07) is 14.9. The van der Waals surface area contributed by atoms with Gasteiger partial charge in [0.05, 0.1) is 6.20 Å². The molecule has 1 saturated heterocycles. The van der Waals surface area contributed by atoms with Crippen LogP contribution in [-0.4, -0.2) is 34.1 Å². The molecule has 0 spiro atoms. The third-order valence-electron chi connectivity index (χ3n) is 5.92. The first kappa shape index (κ1) is 17.8. The summed E-state index contributed by atoms with van der Waals surface area (Å²) >= 11 is 0. The normalized spacial score (nSPS) is 18.6. The number of carbonyl (C=O) groups is 1. The van der Waals surface area contributed by atoms with E-state index in [1.54, 1.807) is 0 Å². The predicted octanol–water partition coefficient (Wildman–Crippen LogP) is 4.98. The number of rotatable bonds is 4. The summed E-state index contributed by atoms with van der Waals surface area (Å²) in [5.41, 5.74) is 3.53. The zero-order valence-corrected chi connectivity index (χ0v) is 16.1. The number of piperidine rings is 1. The molecular formula is C23H27N3O. The molecule has 1 fully saturated rings. The Morgan fingerprint density at radius 2 is 2.04 bits per heavy atom. The summed E-state index contributed by atoms with van der Waals surface area (Å²) in [4.78, 5) is 14.7. The minimum absolute atomic E-state index is 0.100. The molecule has 1 aliphatic rings. The number of amides is 1. The molecule has 2 aromatic carbocycles. The van der Waals surface area contributed by atoms with E-state index in [0.717, 1.165) is 43.6 Å². The highest BCUT2D eigenvalue weighted by Crippen LogP contribution is 2.36. The maximum Gasteiger partial charge on any atom is 0.225 e. The number of aromatic nitrogens is 2. The second kappa shape index (κ2) is 7.55. The summed E-state index contributed by atoms with van der Waals surface area (Å²) in [6.45, 7) is 5.77. The summed E-state index contributed by atoms with van der Waals surface area (Å²) in [5.74, 6) is 0.694. The fourth-order valence-corrected chi connectivity index (χ4v) is 4.18. The van der Waals surface area contributed by atoms with Crippen molar-refractivity contribution in [2.45, 2.75) is 39.0 Å². The average molecular weight is 361 g/mol. The lowest BCUT2D eigenvalue weighted by molar-refractivity contribution is -0.136. The van der Waals surface area contributed by atoms with Crippen molar-refractivity contribution in [2.75, 3.05) is 13.1 Å². The number of hydrogen-bond donors (Lipinski definition) is 1. The Kier molecular flexibility index (Phi) is 4.97. The first-order valence-electron chi connectivity index (χ1n) is 9.99. The van der Waals surface area contributed by atoms with Crippen molar-refractivity contribution in [2.24, 2.45) is 5.92 Å². The standard InChI is InChI=1S/C23H27N3O/c1-3-16(2)23(27)26-13-7-10-18(15-26)22-21(14-24-25-22)20-12-6-9-17-8-4-5-11-19(17)20/h4-6,8-9,11-12,14,16,18H,3,7,10,13,15H2,1-2H3,(H,24,25). The quantitative estimate of drug-likeness (QED) is 0.712. The van der Waals surface area contributed by atoms with Crippen LogP contribution in [0.3, 0.4) is 0 Å². The molecule has 0 bridgehead atoms. The van der Waals surface area contributed by atoms with Crippen molar-refractivity contribution in [3.8, 4) is 11.1 Å². The van der Waals surface area contributed by atoms with Crippen LogP contribution >= 0.6 is 0 Å². The number of benzene rings is 2. The summed E-state index contributed by atoms with van der Waals surface area (Å²) in [5, 5.41) is 10.1. The number of aromatic amines is 1. The molecule has 0 saturated carbocycles. The summed E-state index contributed by atoms with van der Waals surface area (Å²) in [7, 11) is 0. The smallest absolute Gasteiger partial charge is 0.225 e. The van der Waals surface area contributed by atoms with Crippen LogP contribution in [0.5, 0.6) is 0 Å². The van der Waals surface area contributed by atoms with Crippen molar-refractivity contribution in [1.29, 1.82) is 0 Å². The van der Waals surface area contributed by atoms with Crippen LogP contribution in [0.15, 0.2) is 48.7 Å². The maximum atomic E-state index is 12.7. The van der Waals surface area contributed by atoms with Gasteiger partial charge in [-0.05, 0) is 35.6 Å². The van der Waals surface area contributed by atoms with Crippen LogP contribution in [0.1, 0.15) is 44.7 Å². The Hall–Kier alpha value is -2.62.